The van der Waals surface area contributed by atoms with Gasteiger partial charge in [-0.05, 0) is 56.0 Å². The molecule has 27 heavy (non-hydrogen) atoms. The van der Waals surface area contributed by atoms with Crippen molar-refractivity contribution in [1.82, 2.24) is 5.32 Å². The number of carbonyl (C=O) groups excluding carboxylic acids is 1. The fourth-order valence-corrected chi connectivity index (χ4v) is 4.51. The molecule has 0 aliphatic heterocycles. The van der Waals surface area contributed by atoms with Crippen molar-refractivity contribution in [3.05, 3.63) is 60.2 Å². The molecule has 3 rings (SSSR count). The van der Waals surface area contributed by atoms with Crippen molar-refractivity contribution in [3.8, 4) is 0 Å². The molecular weight excluding hydrogens is 362 g/mol. The Hall–Kier alpha value is -2.38. The molecule has 1 saturated carbocycles. The van der Waals surface area contributed by atoms with Crippen LogP contribution < -0.4 is 15.4 Å². The third kappa shape index (κ3) is 4.48. The van der Waals surface area contributed by atoms with E-state index in [1.807, 2.05) is 6.07 Å². The molecule has 6 nitrogen and oxygen atoms in total. The molecule has 144 valence electrons. The van der Waals surface area contributed by atoms with Gasteiger partial charge in [-0.25, -0.2) is 8.42 Å². The fourth-order valence-electron chi connectivity index (χ4n) is 3.26. The molecule has 1 aliphatic carbocycles. The van der Waals surface area contributed by atoms with E-state index in [-0.39, 0.29) is 22.9 Å². The van der Waals surface area contributed by atoms with E-state index in [1.165, 1.54) is 23.5 Å². The van der Waals surface area contributed by atoms with E-state index in [9.17, 15) is 13.2 Å². The summed E-state index contributed by atoms with van der Waals surface area (Å²) in [5.41, 5.74) is 6.80. The van der Waals surface area contributed by atoms with Crippen LogP contribution in [0.5, 0.6) is 0 Å². The summed E-state index contributed by atoms with van der Waals surface area (Å²) in [6, 6.07) is 15.3. The largest absolute Gasteiger partial charge is 0.349 e. The van der Waals surface area contributed by atoms with Crippen LogP contribution in [0.15, 0.2) is 59.5 Å². The van der Waals surface area contributed by atoms with Crippen molar-refractivity contribution >= 4 is 21.6 Å². The first-order valence-electron chi connectivity index (χ1n) is 9.08. The summed E-state index contributed by atoms with van der Waals surface area (Å²) in [5, 5.41) is 2.99. The van der Waals surface area contributed by atoms with Crippen LogP contribution in [0.3, 0.4) is 0 Å². The smallest absolute Gasteiger partial charge is 0.264 e. The fraction of sp³-hybridized carbons (Fsp3) is 0.350. The van der Waals surface area contributed by atoms with Gasteiger partial charge in [0.1, 0.15) is 0 Å². The Balaban J connectivity index is 1.77. The first-order valence-corrected chi connectivity index (χ1v) is 10.5. The van der Waals surface area contributed by atoms with E-state index in [1.54, 1.807) is 36.4 Å². The van der Waals surface area contributed by atoms with Crippen molar-refractivity contribution < 1.29 is 13.2 Å². The molecule has 0 radical (unpaired) electrons. The average Bonchev–Trinajstić information content (AvgIpc) is 2.70. The Bertz CT molecular complexity index is 892. The maximum absolute atomic E-state index is 12.9. The zero-order valence-corrected chi connectivity index (χ0v) is 16.2. The van der Waals surface area contributed by atoms with Gasteiger partial charge >= 0.3 is 0 Å². The van der Waals surface area contributed by atoms with Crippen LogP contribution in [0.1, 0.15) is 36.0 Å². The molecule has 3 N–H and O–H groups in total. The lowest BCUT2D eigenvalue weighted by molar-refractivity contribution is 0.0925. The molecule has 1 amide bonds. The molecule has 0 saturated heterocycles. The molecule has 1 aliphatic rings. The number of nitrogens with two attached hydrogens (primary N) is 1. The zero-order chi connectivity index (χ0) is 19.4. The zero-order valence-electron chi connectivity index (χ0n) is 15.3. The number of para-hydroxylation sites is 1. The second-order valence-corrected chi connectivity index (χ2v) is 8.89. The molecule has 0 aromatic heterocycles. The monoisotopic (exact) mass is 387 g/mol. The highest BCUT2D eigenvalue weighted by Gasteiger charge is 2.24. The Kier molecular flexibility index (Phi) is 5.82. The van der Waals surface area contributed by atoms with E-state index in [4.69, 9.17) is 5.73 Å². The first kappa shape index (κ1) is 19.4. The average molecular weight is 388 g/mol. The lowest BCUT2D eigenvalue weighted by atomic mass is 9.91. The van der Waals surface area contributed by atoms with Gasteiger partial charge in [0.15, 0.2) is 0 Å². The van der Waals surface area contributed by atoms with E-state index in [0.29, 0.717) is 11.3 Å². The molecule has 7 heteroatoms. The van der Waals surface area contributed by atoms with Crippen LogP contribution in [-0.4, -0.2) is 33.5 Å². The summed E-state index contributed by atoms with van der Waals surface area (Å²) < 4.78 is 27.0. The van der Waals surface area contributed by atoms with Gasteiger partial charge in [-0.15, -0.1) is 0 Å². The van der Waals surface area contributed by atoms with Gasteiger partial charge < -0.3 is 11.1 Å². The topological polar surface area (TPSA) is 92.5 Å². The quantitative estimate of drug-likeness (QED) is 0.824. The molecule has 0 heterocycles. The Morgan fingerprint density at radius 2 is 1.70 bits per heavy atom. The Morgan fingerprint density at radius 3 is 2.37 bits per heavy atom. The minimum absolute atomic E-state index is 0.0876. The number of rotatable bonds is 5. The summed E-state index contributed by atoms with van der Waals surface area (Å²) in [5.74, 6) is -0.255. The number of sulfonamides is 1. The molecule has 0 unspecified atom stereocenters. The van der Waals surface area contributed by atoms with Crippen LogP contribution in [0.4, 0.5) is 5.69 Å². The number of amides is 1. The van der Waals surface area contributed by atoms with Crippen molar-refractivity contribution in [1.29, 1.82) is 0 Å². The molecule has 0 bridgehead atoms. The SMILES string of the molecule is CN(c1ccccc1)S(=O)(=O)c1cccc(C(=O)NC2CCC(N)CC2)c1. The molecule has 2 aromatic rings. The summed E-state index contributed by atoms with van der Waals surface area (Å²) in [4.78, 5) is 12.7. The molecule has 0 atom stereocenters. The Morgan fingerprint density at radius 1 is 1.04 bits per heavy atom. The van der Waals surface area contributed by atoms with Crippen molar-refractivity contribution in [3.63, 3.8) is 0 Å². The van der Waals surface area contributed by atoms with Gasteiger partial charge in [0, 0.05) is 24.7 Å². The predicted molar refractivity (Wildman–Crippen MR) is 106 cm³/mol. The standard InChI is InChI=1S/C20H25N3O3S/c1-23(18-7-3-2-4-8-18)27(25,26)19-9-5-6-15(14-19)20(24)22-17-12-10-16(21)11-13-17/h2-9,14,16-17H,10-13,21H2,1H3,(H,22,24). The van der Waals surface area contributed by atoms with Crippen LogP contribution in [0.25, 0.3) is 0 Å². The highest BCUT2D eigenvalue weighted by Crippen LogP contribution is 2.23. The highest BCUT2D eigenvalue weighted by molar-refractivity contribution is 7.92. The summed E-state index contributed by atoms with van der Waals surface area (Å²) >= 11 is 0. The number of hydrogen-bond acceptors (Lipinski definition) is 4. The molecular formula is C20H25N3O3S. The van der Waals surface area contributed by atoms with Gasteiger partial charge in [-0.2, -0.15) is 0 Å². The highest BCUT2D eigenvalue weighted by atomic mass is 32.2. The lowest BCUT2D eigenvalue weighted by Gasteiger charge is -2.27. The predicted octanol–water partition coefficient (Wildman–Crippen LogP) is 2.51. The third-order valence-electron chi connectivity index (χ3n) is 4.98. The maximum atomic E-state index is 12.9. The van der Waals surface area contributed by atoms with Crippen molar-refractivity contribution in [2.45, 2.75) is 42.7 Å². The molecule has 2 aromatic carbocycles. The van der Waals surface area contributed by atoms with Gasteiger partial charge in [0.25, 0.3) is 15.9 Å². The lowest BCUT2D eigenvalue weighted by Crippen LogP contribution is -2.40. The van der Waals surface area contributed by atoms with Gasteiger partial charge in [0.05, 0.1) is 10.6 Å². The third-order valence-corrected chi connectivity index (χ3v) is 6.76. The van der Waals surface area contributed by atoms with E-state index < -0.39 is 10.0 Å². The first-order chi connectivity index (χ1) is 12.9. The summed E-state index contributed by atoms with van der Waals surface area (Å²) in [7, 11) is -2.25. The minimum atomic E-state index is -3.75. The van der Waals surface area contributed by atoms with E-state index >= 15 is 0 Å². The van der Waals surface area contributed by atoms with Crippen LogP contribution in [-0.2, 0) is 10.0 Å². The minimum Gasteiger partial charge on any atom is -0.349 e. The van der Waals surface area contributed by atoms with Crippen molar-refractivity contribution in [2.24, 2.45) is 5.73 Å². The molecule has 1 fully saturated rings. The summed E-state index contributed by atoms with van der Waals surface area (Å²) in [6.07, 6.45) is 3.48. The number of carbonyl (C=O) groups is 1. The maximum Gasteiger partial charge on any atom is 0.264 e. The number of nitrogens with zero attached hydrogens (tertiary/aromatic N) is 1. The number of anilines is 1. The second-order valence-electron chi connectivity index (χ2n) is 6.92. The van der Waals surface area contributed by atoms with E-state index in [2.05, 4.69) is 5.32 Å². The second kappa shape index (κ2) is 8.10. The normalized spacial score (nSPS) is 20.1. The van der Waals surface area contributed by atoms with Gasteiger partial charge in [-0.3, -0.25) is 9.10 Å². The number of hydrogen-bond donors (Lipinski definition) is 2. The van der Waals surface area contributed by atoms with Crippen LogP contribution in [0.2, 0.25) is 0 Å². The molecule has 0 spiro atoms. The van der Waals surface area contributed by atoms with Crippen LogP contribution >= 0.6 is 0 Å². The van der Waals surface area contributed by atoms with Gasteiger partial charge in [-0.1, -0.05) is 24.3 Å². The number of benzene rings is 2. The summed E-state index contributed by atoms with van der Waals surface area (Å²) in [6.45, 7) is 0. The van der Waals surface area contributed by atoms with Crippen molar-refractivity contribution in [2.75, 3.05) is 11.4 Å². The van der Waals surface area contributed by atoms with E-state index in [0.717, 1.165) is 25.7 Å². The van der Waals surface area contributed by atoms with Crippen LogP contribution in [0, 0.1) is 0 Å². The number of nitrogens with one attached hydrogen (secondary N) is 1. The van der Waals surface area contributed by atoms with Gasteiger partial charge in [0.2, 0.25) is 0 Å². The Labute approximate surface area is 160 Å².